The Kier molecular flexibility index (Phi) is 3.14. The van der Waals surface area contributed by atoms with Gasteiger partial charge in [-0.3, -0.25) is 9.78 Å². The molecule has 4 heteroatoms. The average Bonchev–Trinajstić information content (AvgIpc) is 2.47. The number of aromatic nitrogens is 1. The molecule has 1 aliphatic rings. The quantitative estimate of drug-likeness (QED) is 0.806. The molecule has 0 bridgehead atoms. The van der Waals surface area contributed by atoms with Crippen LogP contribution in [0.1, 0.15) is 27.2 Å². The highest BCUT2D eigenvalue weighted by atomic mass is 16.2. The van der Waals surface area contributed by atoms with E-state index in [1.165, 1.54) is 5.56 Å². The molecule has 102 valence electrons. The zero-order valence-corrected chi connectivity index (χ0v) is 11.5. The lowest BCUT2D eigenvalue weighted by Gasteiger charge is -2.29. The number of fused-ring (bicyclic) bond motifs is 1. The maximum absolute atomic E-state index is 12.5. The Labute approximate surface area is 118 Å². The summed E-state index contributed by atoms with van der Waals surface area (Å²) in [7, 11) is 0. The molecule has 1 aromatic heterocycles. The van der Waals surface area contributed by atoms with Crippen molar-refractivity contribution in [2.75, 3.05) is 12.3 Å². The molecule has 2 N–H and O–H groups in total. The first-order chi connectivity index (χ1) is 9.65. The van der Waals surface area contributed by atoms with E-state index in [1.54, 1.807) is 6.20 Å². The summed E-state index contributed by atoms with van der Waals surface area (Å²) in [6.07, 6.45) is 2.46. The van der Waals surface area contributed by atoms with Crippen LogP contribution in [0.25, 0.3) is 0 Å². The first-order valence-corrected chi connectivity index (χ1v) is 6.73. The summed E-state index contributed by atoms with van der Waals surface area (Å²) >= 11 is 0. The third-order valence-electron chi connectivity index (χ3n) is 3.75. The van der Waals surface area contributed by atoms with Crippen molar-refractivity contribution in [1.29, 1.82) is 0 Å². The number of amides is 1. The Bertz CT molecular complexity index is 649. The van der Waals surface area contributed by atoms with Crippen LogP contribution in [0.4, 0.5) is 5.69 Å². The van der Waals surface area contributed by atoms with Gasteiger partial charge in [-0.25, -0.2) is 0 Å². The number of aryl methyl sites for hydroxylation is 1. The normalized spacial score (nSPS) is 13.9. The van der Waals surface area contributed by atoms with Gasteiger partial charge in [0, 0.05) is 30.7 Å². The van der Waals surface area contributed by atoms with E-state index in [1.807, 2.05) is 42.2 Å². The molecular formula is C16H17N3O. The van der Waals surface area contributed by atoms with Crippen LogP contribution in [0.3, 0.4) is 0 Å². The van der Waals surface area contributed by atoms with Crippen molar-refractivity contribution in [3.8, 4) is 0 Å². The number of rotatable bonds is 1. The second-order valence-electron chi connectivity index (χ2n) is 5.15. The molecule has 0 unspecified atom stereocenters. The summed E-state index contributed by atoms with van der Waals surface area (Å²) < 4.78 is 0. The van der Waals surface area contributed by atoms with E-state index >= 15 is 0 Å². The van der Waals surface area contributed by atoms with Gasteiger partial charge in [-0.2, -0.15) is 0 Å². The molecule has 0 radical (unpaired) electrons. The van der Waals surface area contributed by atoms with Gasteiger partial charge in [0.1, 0.15) is 0 Å². The van der Waals surface area contributed by atoms with Crippen LogP contribution in [-0.2, 0) is 13.0 Å². The van der Waals surface area contributed by atoms with E-state index in [-0.39, 0.29) is 5.91 Å². The molecule has 2 aromatic rings. The molecule has 1 aliphatic heterocycles. The number of nitrogen functional groups attached to an aromatic ring is 1. The minimum Gasteiger partial charge on any atom is -0.398 e. The number of anilines is 1. The number of pyridine rings is 1. The van der Waals surface area contributed by atoms with Crippen LogP contribution in [0, 0.1) is 6.92 Å². The number of hydrogen-bond acceptors (Lipinski definition) is 3. The summed E-state index contributed by atoms with van der Waals surface area (Å²) in [4.78, 5) is 18.5. The van der Waals surface area contributed by atoms with Crippen LogP contribution in [0.15, 0.2) is 36.5 Å². The fraction of sp³-hybridized carbons (Fsp3) is 0.250. The SMILES string of the molecule is Cc1ccc(C(=O)N2CCc3c(N)cccc3C2)cn1. The molecule has 0 fully saturated rings. The Balaban J connectivity index is 1.83. The average molecular weight is 267 g/mol. The van der Waals surface area contributed by atoms with Gasteiger partial charge >= 0.3 is 0 Å². The fourth-order valence-electron chi connectivity index (χ4n) is 2.59. The Morgan fingerprint density at radius 2 is 2.15 bits per heavy atom. The Morgan fingerprint density at radius 3 is 2.90 bits per heavy atom. The van der Waals surface area contributed by atoms with Gasteiger partial charge in [-0.1, -0.05) is 12.1 Å². The number of hydrogen-bond donors (Lipinski definition) is 1. The highest BCUT2D eigenvalue weighted by Gasteiger charge is 2.22. The second kappa shape index (κ2) is 4.96. The van der Waals surface area contributed by atoms with Gasteiger partial charge in [0.05, 0.1) is 5.56 Å². The topological polar surface area (TPSA) is 59.2 Å². The minimum absolute atomic E-state index is 0.0329. The molecule has 1 amide bonds. The lowest BCUT2D eigenvalue weighted by Crippen LogP contribution is -2.36. The van der Waals surface area contributed by atoms with Crippen molar-refractivity contribution in [2.45, 2.75) is 19.9 Å². The molecule has 0 atom stereocenters. The largest absolute Gasteiger partial charge is 0.398 e. The molecule has 0 aliphatic carbocycles. The lowest BCUT2D eigenvalue weighted by molar-refractivity contribution is 0.0734. The Morgan fingerprint density at radius 1 is 1.30 bits per heavy atom. The Hall–Kier alpha value is -2.36. The number of carbonyl (C=O) groups excluding carboxylic acids is 1. The summed E-state index contributed by atoms with van der Waals surface area (Å²) in [6.45, 7) is 3.23. The molecule has 0 saturated heterocycles. The van der Waals surface area contributed by atoms with E-state index < -0.39 is 0 Å². The summed E-state index contributed by atoms with van der Waals surface area (Å²) in [5.74, 6) is 0.0329. The summed E-state index contributed by atoms with van der Waals surface area (Å²) in [5, 5.41) is 0. The van der Waals surface area contributed by atoms with Crippen molar-refractivity contribution < 1.29 is 4.79 Å². The van der Waals surface area contributed by atoms with E-state index in [0.29, 0.717) is 18.7 Å². The monoisotopic (exact) mass is 267 g/mol. The van der Waals surface area contributed by atoms with Crippen molar-refractivity contribution >= 4 is 11.6 Å². The van der Waals surface area contributed by atoms with Crippen LogP contribution in [0.2, 0.25) is 0 Å². The van der Waals surface area contributed by atoms with Crippen LogP contribution >= 0.6 is 0 Å². The minimum atomic E-state index is 0.0329. The zero-order valence-electron chi connectivity index (χ0n) is 11.5. The third kappa shape index (κ3) is 2.25. The van der Waals surface area contributed by atoms with Crippen LogP contribution in [-0.4, -0.2) is 22.3 Å². The van der Waals surface area contributed by atoms with E-state index in [0.717, 1.165) is 23.4 Å². The lowest BCUT2D eigenvalue weighted by atomic mass is 9.97. The maximum Gasteiger partial charge on any atom is 0.255 e. The predicted molar refractivity (Wildman–Crippen MR) is 78.3 cm³/mol. The number of nitrogens with zero attached hydrogens (tertiary/aromatic N) is 2. The van der Waals surface area contributed by atoms with Gasteiger partial charge in [0.25, 0.3) is 5.91 Å². The molecule has 0 spiro atoms. The highest BCUT2D eigenvalue weighted by molar-refractivity contribution is 5.94. The van der Waals surface area contributed by atoms with Crippen molar-refractivity contribution in [1.82, 2.24) is 9.88 Å². The molecular weight excluding hydrogens is 250 g/mol. The molecule has 1 aromatic carbocycles. The molecule has 0 saturated carbocycles. The van der Waals surface area contributed by atoms with Gasteiger partial charge in [0.2, 0.25) is 0 Å². The zero-order chi connectivity index (χ0) is 14.1. The second-order valence-corrected chi connectivity index (χ2v) is 5.15. The smallest absolute Gasteiger partial charge is 0.255 e. The third-order valence-corrected chi connectivity index (χ3v) is 3.75. The van der Waals surface area contributed by atoms with Crippen molar-refractivity contribution in [3.63, 3.8) is 0 Å². The van der Waals surface area contributed by atoms with E-state index in [4.69, 9.17) is 5.73 Å². The molecule has 3 rings (SSSR count). The van der Waals surface area contributed by atoms with Crippen LogP contribution < -0.4 is 5.73 Å². The number of benzene rings is 1. The van der Waals surface area contributed by atoms with Gasteiger partial charge in [0.15, 0.2) is 0 Å². The highest BCUT2D eigenvalue weighted by Crippen LogP contribution is 2.24. The van der Waals surface area contributed by atoms with E-state index in [9.17, 15) is 4.79 Å². The number of nitrogens with two attached hydrogens (primary N) is 1. The molecule has 2 heterocycles. The standard InChI is InChI=1S/C16H17N3O/c1-11-5-6-12(9-18-11)16(20)19-8-7-14-13(10-19)3-2-4-15(14)17/h2-6,9H,7-8,10,17H2,1H3. The van der Waals surface area contributed by atoms with E-state index in [2.05, 4.69) is 4.98 Å². The summed E-state index contributed by atoms with van der Waals surface area (Å²) in [6, 6.07) is 9.59. The van der Waals surface area contributed by atoms with Crippen LogP contribution in [0.5, 0.6) is 0 Å². The van der Waals surface area contributed by atoms with Crippen molar-refractivity contribution in [2.24, 2.45) is 0 Å². The van der Waals surface area contributed by atoms with Gasteiger partial charge in [-0.05, 0) is 42.7 Å². The summed E-state index contributed by atoms with van der Waals surface area (Å²) in [5.41, 5.74) is 10.7. The van der Waals surface area contributed by atoms with Gasteiger partial charge in [-0.15, -0.1) is 0 Å². The first kappa shape index (κ1) is 12.7. The first-order valence-electron chi connectivity index (χ1n) is 6.73. The fourth-order valence-corrected chi connectivity index (χ4v) is 2.59. The van der Waals surface area contributed by atoms with Gasteiger partial charge < -0.3 is 10.6 Å². The predicted octanol–water partition coefficient (Wildman–Crippen LogP) is 2.17. The maximum atomic E-state index is 12.5. The molecule has 4 nitrogen and oxygen atoms in total. The van der Waals surface area contributed by atoms with Crippen molar-refractivity contribution in [3.05, 3.63) is 58.9 Å². The number of carbonyl (C=O) groups is 1. The molecule has 20 heavy (non-hydrogen) atoms.